The van der Waals surface area contributed by atoms with Crippen LogP contribution in [0.2, 0.25) is 0 Å². The maximum absolute atomic E-state index is 10.8. The minimum Gasteiger partial charge on any atom is -0.370 e. The van der Waals surface area contributed by atoms with E-state index < -0.39 is 0 Å². The van der Waals surface area contributed by atoms with Crippen molar-refractivity contribution in [1.82, 2.24) is 0 Å². The van der Waals surface area contributed by atoms with Crippen LogP contribution >= 0.6 is 0 Å². The van der Waals surface area contributed by atoms with Gasteiger partial charge in [0.25, 0.3) is 0 Å². The molecule has 2 aliphatic rings. The number of amides is 1. The number of hydrogen-bond donors (Lipinski definition) is 2. The fourth-order valence-corrected chi connectivity index (χ4v) is 4.13. The molecule has 4 N–H and O–H groups in total. The molecule has 2 rings (SSSR count). The van der Waals surface area contributed by atoms with Crippen molar-refractivity contribution in [2.45, 2.75) is 84.6 Å². The van der Waals surface area contributed by atoms with Crippen LogP contribution in [0.3, 0.4) is 0 Å². The molecule has 5 atom stereocenters. The number of nitrogens with two attached hydrogens (primary N) is 2. The summed E-state index contributed by atoms with van der Waals surface area (Å²) in [5.74, 6) is 2.66. The Kier molecular flexibility index (Phi) is 11.3. The molecule has 0 bridgehead atoms. The number of carbonyl (C=O) groups is 1. The van der Waals surface area contributed by atoms with Crippen molar-refractivity contribution in [3.05, 3.63) is 36.5 Å². The van der Waals surface area contributed by atoms with E-state index in [-0.39, 0.29) is 11.9 Å². The molecular formula is C24H42N2O. The van der Waals surface area contributed by atoms with Crippen molar-refractivity contribution in [2.24, 2.45) is 35.1 Å². The van der Waals surface area contributed by atoms with Gasteiger partial charge in [0.2, 0.25) is 5.91 Å². The standard InChI is InChI=1S/C18H30N2O.C6H12/c1-13-10-11-14-6-2-4-9-17(14)16(13)8-5-3-7-15(19)12-18(20)21;1-4-6(3)5-2/h6,10-11,13,15-17H,2-5,7-9,12,19H2,1H3,(H2,20,21);4,6H,1,5H2,2-3H3. The second-order valence-corrected chi connectivity index (χ2v) is 8.46. The van der Waals surface area contributed by atoms with E-state index in [0.717, 1.165) is 24.7 Å². The zero-order chi connectivity index (χ0) is 20.2. The Morgan fingerprint density at radius 3 is 2.74 bits per heavy atom. The second-order valence-electron chi connectivity index (χ2n) is 8.46. The SMILES string of the molecule is C=CC(C)CC.CC1C=CC2=CCCCC2C1CCCCC(N)CC(N)=O. The first-order valence-electron chi connectivity index (χ1n) is 10.9. The van der Waals surface area contributed by atoms with Crippen LogP contribution in [0.25, 0.3) is 0 Å². The summed E-state index contributed by atoms with van der Waals surface area (Å²) in [7, 11) is 0. The van der Waals surface area contributed by atoms with Crippen LogP contribution in [0.15, 0.2) is 36.5 Å². The molecule has 0 aromatic carbocycles. The summed E-state index contributed by atoms with van der Waals surface area (Å²) in [5, 5.41) is 0. The Labute approximate surface area is 167 Å². The molecule has 27 heavy (non-hydrogen) atoms. The maximum Gasteiger partial charge on any atom is 0.218 e. The highest BCUT2D eigenvalue weighted by Crippen LogP contribution is 2.42. The lowest BCUT2D eigenvalue weighted by atomic mass is 9.68. The monoisotopic (exact) mass is 374 g/mol. The van der Waals surface area contributed by atoms with Gasteiger partial charge in [-0.15, -0.1) is 6.58 Å². The van der Waals surface area contributed by atoms with Crippen LogP contribution < -0.4 is 11.5 Å². The zero-order valence-corrected chi connectivity index (χ0v) is 17.8. The molecule has 0 heterocycles. The predicted molar refractivity (Wildman–Crippen MR) is 117 cm³/mol. The topological polar surface area (TPSA) is 69.1 Å². The van der Waals surface area contributed by atoms with Crippen molar-refractivity contribution in [3.63, 3.8) is 0 Å². The first kappa shape index (κ1) is 23.7. The van der Waals surface area contributed by atoms with Crippen LogP contribution in [0.5, 0.6) is 0 Å². The van der Waals surface area contributed by atoms with E-state index in [4.69, 9.17) is 11.5 Å². The normalized spacial score (nSPS) is 26.1. The van der Waals surface area contributed by atoms with Crippen molar-refractivity contribution in [3.8, 4) is 0 Å². The van der Waals surface area contributed by atoms with Crippen molar-refractivity contribution in [2.75, 3.05) is 0 Å². The summed E-state index contributed by atoms with van der Waals surface area (Å²) in [6, 6.07) is -0.0590. The quantitative estimate of drug-likeness (QED) is 0.412. The molecule has 0 fully saturated rings. The Hall–Kier alpha value is -1.35. The lowest BCUT2D eigenvalue weighted by Gasteiger charge is -2.37. The largest absolute Gasteiger partial charge is 0.370 e. The summed E-state index contributed by atoms with van der Waals surface area (Å²) >= 11 is 0. The van der Waals surface area contributed by atoms with E-state index in [1.165, 1.54) is 38.5 Å². The van der Waals surface area contributed by atoms with E-state index in [0.29, 0.717) is 18.3 Å². The summed E-state index contributed by atoms with van der Waals surface area (Å²) < 4.78 is 0. The molecule has 0 saturated heterocycles. The molecule has 3 heteroatoms. The Balaban J connectivity index is 0.000000527. The van der Waals surface area contributed by atoms with Gasteiger partial charge < -0.3 is 11.5 Å². The second kappa shape index (κ2) is 12.9. The molecule has 0 aromatic rings. The van der Waals surface area contributed by atoms with Gasteiger partial charge in [-0.05, 0) is 61.3 Å². The van der Waals surface area contributed by atoms with E-state index in [1.807, 2.05) is 6.08 Å². The maximum atomic E-state index is 10.8. The number of fused-ring (bicyclic) bond motifs is 1. The van der Waals surface area contributed by atoms with Crippen molar-refractivity contribution >= 4 is 5.91 Å². The third-order valence-corrected chi connectivity index (χ3v) is 6.18. The number of unbranched alkanes of at least 4 members (excludes halogenated alkanes) is 1. The van der Waals surface area contributed by atoms with Gasteiger partial charge in [0.15, 0.2) is 0 Å². The fourth-order valence-electron chi connectivity index (χ4n) is 4.13. The number of rotatable bonds is 9. The third kappa shape index (κ3) is 8.92. The highest BCUT2D eigenvalue weighted by molar-refractivity contribution is 5.74. The number of primary amides is 1. The summed E-state index contributed by atoms with van der Waals surface area (Å²) in [4.78, 5) is 10.8. The van der Waals surface area contributed by atoms with Gasteiger partial charge in [-0.1, -0.05) is 64.3 Å². The van der Waals surface area contributed by atoms with Gasteiger partial charge in [0, 0.05) is 12.5 Å². The molecule has 1 amide bonds. The molecule has 0 radical (unpaired) electrons. The molecule has 2 aliphatic carbocycles. The van der Waals surface area contributed by atoms with Crippen LogP contribution in [0, 0.1) is 23.7 Å². The Morgan fingerprint density at radius 1 is 1.41 bits per heavy atom. The molecule has 0 aliphatic heterocycles. The minimum absolute atomic E-state index is 0.0590. The molecule has 0 saturated carbocycles. The van der Waals surface area contributed by atoms with Gasteiger partial charge in [-0.25, -0.2) is 0 Å². The molecule has 0 aromatic heterocycles. The fraction of sp³-hybridized carbons (Fsp3) is 0.708. The number of allylic oxidation sites excluding steroid dienone is 5. The van der Waals surface area contributed by atoms with E-state index >= 15 is 0 Å². The predicted octanol–water partition coefficient (Wildman–Crippen LogP) is 5.52. The van der Waals surface area contributed by atoms with Gasteiger partial charge in [0.1, 0.15) is 0 Å². The lowest BCUT2D eigenvalue weighted by Crippen LogP contribution is -2.28. The molecule has 0 spiro atoms. The van der Waals surface area contributed by atoms with Crippen LogP contribution in [0.4, 0.5) is 0 Å². The van der Waals surface area contributed by atoms with Gasteiger partial charge in [-0.3, -0.25) is 4.79 Å². The first-order chi connectivity index (χ1) is 12.9. The van der Waals surface area contributed by atoms with Crippen LogP contribution in [-0.2, 0) is 4.79 Å². The van der Waals surface area contributed by atoms with Gasteiger partial charge >= 0.3 is 0 Å². The summed E-state index contributed by atoms with van der Waals surface area (Å²) in [5.41, 5.74) is 12.7. The van der Waals surface area contributed by atoms with E-state index in [2.05, 4.69) is 45.6 Å². The Morgan fingerprint density at radius 2 is 2.15 bits per heavy atom. The molecular weight excluding hydrogens is 332 g/mol. The minimum atomic E-state index is -0.287. The van der Waals surface area contributed by atoms with Crippen molar-refractivity contribution in [1.29, 1.82) is 0 Å². The molecule has 154 valence electrons. The van der Waals surface area contributed by atoms with E-state index in [1.54, 1.807) is 5.57 Å². The van der Waals surface area contributed by atoms with Crippen LogP contribution in [0.1, 0.15) is 78.6 Å². The summed E-state index contributed by atoms with van der Waals surface area (Å²) in [6.45, 7) is 10.3. The molecule has 5 unspecified atom stereocenters. The zero-order valence-electron chi connectivity index (χ0n) is 17.8. The average Bonchev–Trinajstić information content (AvgIpc) is 2.65. The van der Waals surface area contributed by atoms with Crippen LogP contribution in [-0.4, -0.2) is 11.9 Å². The first-order valence-corrected chi connectivity index (χ1v) is 10.9. The Bertz CT molecular complexity index is 509. The average molecular weight is 375 g/mol. The van der Waals surface area contributed by atoms with Crippen molar-refractivity contribution < 1.29 is 4.79 Å². The third-order valence-electron chi connectivity index (χ3n) is 6.18. The smallest absolute Gasteiger partial charge is 0.218 e. The highest BCUT2D eigenvalue weighted by Gasteiger charge is 2.31. The lowest BCUT2D eigenvalue weighted by molar-refractivity contribution is -0.118. The van der Waals surface area contributed by atoms with Gasteiger partial charge in [0.05, 0.1) is 0 Å². The highest BCUT2D eigenvalue weighted by atomic mass is 16.1. The number of carbonyl (C=O) groups excluding carboxylic acids is 1. The number of hydrogen-bond acceptors (Lipinski definition) is 2. The van der Waals surface area contributed by atoms with Gasteiger partial charge in [-0.2, -0.15) is 0 Å². The molecule has 3 nitrogen and oxygen atoms in total. The summed E-state index contributed by atoms with van der Waals surface area (Å²) in [6.07, 6.45) is 19.1. The van der Waals surface area contributed by atoms with E-state index in [9.17, 15) is 4.79 Å².